The summed E-state index contributed by atoms with van der Waals surface area (Å²) in [5.41, 5.74) is 7.36. The van der Waals surface area contributed by atoms with Gasteiger partial charge in [-0.25, -0.2) is 0 Å². The molecule has 92 valence electrons. The largest absolute Gasteiger partial charge is 0.495 e. The molecule has 0 saturated carbocycles. The second-order valence-electron chi connectivity index (χ2n) is 4.18. The average molecular weight is 235 g/mol. The Morgan fingerprint density at radius 3 is 3.00 bits per heavy atom. The summed E-state index contributed by atoms with van der Waals surface area (Å²) < 4.78 is 5.16. The molecule has 0 amide bonds. The van der Waals surface area contributed by atoms with E-state index in [1.165, 1.54) is 0 Å². The number of hydrogen-bond donors (Lipinski definition) is 2. The molecule has 1 fully saturated rings. The highest BCUT2D eigenvalue weighted by Crippen LogP contribution is 2.26. The molecule has 1 saturated heterocycles. The Morgan fingerprint density at radius 2 is 2.35 bits per heavy atom. The minimum Gasteiger partial charge on any atom is -0.495 e. The number of rotatable bonds is 5. The van der Waals surface area contributed by atoms with Crippen LogP contribution in [0, 0.1) is 0 Å². The minimum absolute atomic E-state index is 0.392. The van der Waals surface area contributed by atoms with Crippen LogP contribution < -0.4 is 15.8 Å². The van der Waals surface area contributed by atoms with Gasteiger partial charge in [0.2, 0.25) is 0 Å². The summed E-state index contributed by atoms with van der Waals surface area (Å²) in [5.74, 6) is 0.680. The van der Waals surface area contributed by atoms with Crippen molar-refractivity contribution in [2.45, 2.75) is 6.04 Å². The molecule has 2 rings (SSSR count). The number of nitrogens with two attached hydrogens (primary N) is 1. The summed E-state index contributed by atoms with van der Waals surface area (Å²) in [7, 11) is 1.60. The lowest BCUT2D eigenvalue weighted by Crippen LogP contribution is -2.55. The van der Waals surface area contributed by atoms with Gasteiger partial charge < -0.3 is 20.6 Å². The maximum atomic E-state index is 10.3. The van der Waals surface area contributed by atoms with E-state index >= 15 is 0 Å². The van der Waals surface area contributed by atoms with Crippen molar-refractivity contribution >= 4 is 17.7 Å². The van der Waals surface area contributed by atoms with Gasteiger partial charge in [-0.3, -0.25) is 4.90 Å². The predicted octanol–water partition coefficient (Wildman–Crippen LogP) is 0.572. The standard InChI is InChI=1S/C12H17N3O2/c1-17-12-6-9(2-3-11(12)13)14-10-7-15(8-10)4-5-16/h2-3,5-6,10,14H,4,7-8,13H2,1H3. The summed E-state index contributed by atoms with van der Waals surface area (Å²) in [5, 5.41) is 3.38. The Balaban J connectivity index is 1.90. The van der Waals surface area contributed by atoms with Gasteiger partial charge >= 0.3 is 0 Å². The number of nitrogens with zero attached hydrogens (tertiary/aromatic N) is 1. The second-order valence-corrected chi connectivity index (χ2v) is 4.18. The fourth-order valence-corrected chi connectivity index (χ4v) is 1.95. The minimum atomic E-state index is 0.392. The summed E-state index contributed by atoms with van der Waals surface area (Å²) in [6.07, 6.45) is 0.933. The van der Waals surface area contributed by atoms with Gasteiger partial charge in [-0.15, -0.1) is 0 Å². The van der Waals surface area contributed by atoms with E-state index in [0.29, 0.717) is 24.0 Å². The summed E-state index contributed by atoms with van der Waals surface area (Å²) in [6, 6.07) is 6.03. The molecule has 0 unspecified atom stereocenters. The van der Waals surface area contributed by atoms with Gasteiger partial charge in [0.15, 0.2) is 0 Å². The maximum Gasteiger partial charge on any atom is 0.143 e. The molecule has 1 aliphatic rings. The SMILES string of the molecule is COc1cc(NC2CN(CC=O)C2)ccc1N. The normalized spacial score (nSPS) is 16.3. The lowest BCUT2D eigenvalue weighted by Gasteiger charge is -2.38. The molecule has 0 radical (unpaired) electrons. The Hall–Kier alpha value is -1.75. The molecule has 0 atom stereocenters. The van der Waals surface area contributed by atoms with Gasteiger partial charge in [-0.2, -0.15) is 0 Å². The zero-order chi connectivity index (χ0) is 12.3. The topological polar surface area (TPSA) is 67.6 Å². The third kappa shape index (κ3) is 2.68. The van der Waals surface area contributed by atoms with Crippen LogP contribution in [-0.4, -0.2) is 44.0 Å². The van der Waals surface area contributed by atoms with Crippen molar-refractivity contribution in [1.29, 1.82) is 0 Å². The average Bonchev–Trinajstić information content (AvgIpc) is 2.28. The smallest absolute Gasteiger partial charge is 0.143 e. The molecule has 5 nitrogen and oxygen atoms in total. The molecule has 17 heavy (non-hydrogen) atoms. The Kier molecular flexibility index (Phi) is 3.49. The molecular formula is C12H17N3O2. The first kappa shape index (κ1) is 11.7. The van der Waals surface area contributed by atoms with E-state index in [-0.39, 0.29) is 0 Å². The number of hydrogen-bond acceptors (Lipinski definition) is 5. The van der Waals surface area contributed by atoms with Crippen molar-refractivity contribution in [2.24, 2.45) is 0 Å². The molecular weight excluding hydrogens is 218 g/mol. The van der Waals surface area contributed by atoms with Crippen LogP contribution in [-0.2, 0) is 4.79 Å². The molecule has 1 heterocycles. The van der Waals surface area contributed by atoms with Gasteiger partial charge in [-0.05, 0) is 12.1 Å². The quantitative estimate of drug-likeness (QED) is 0.577. The summed E-state index contributed by atoms with van der Waals surface area (Å²) in [4.78, 5) is 12.4. The fourth-order valence-electron chi connectivity index (χ4n) is 1.95. The molecule has 5 heteroatoms. The zero-order valence-electron chi connectivity index (χ0n) is 9.85. The van der Waals surface area contributed by atoms with E-state index in [1.807, 2.05) is 18.2 Å². The maximum absolute atomic E-state index is 10.3. The number of carbonyl (C=O) groups excluding carboxylic acids is 1. The van der Waals surface area contributed by atoms with E-state index in [0.717, 1.165) is 25.1 Å². The Bertz CT molecular complexity index is 403. The third-order valence-electron chi connectivity index (χ3n) is 2.89. The monoisotopic (exact) mass is 235 g/mol. The molecule has 0 aliphatic carbocycles. The van der Waals surface area contributed by atoms with Crippen LogP contribution in [0.25, 0.3) is 0 Å². The number of likely N-dealkylation sites (tertiary alicyclic amines) is 1. The van der Waals surface area contributed by atoms with Crippen molar-refractivity contribution in [2.75, 3.05) is 37.8 Å². The van der Waals surface area contributed by atoms with Crippen molar-refractivity contribution < 1.29 is 9.53 Å². The van der Waals surface area contributed by atoms with E-state index in [4.69, 9.17) is 10.5 Å². The van der Waals surface area contributed by atoms with E-state index in [2.05, 4.69) is 10.2 Å². The number of nitrogens with one attached hydrogen (secondary N) is 1. The van der Waals surface area contributed by atoms with Crippen molar-refractivity contribution in [3.05, 3.63) is 18.2 Å². The molecule has 3 N–H and O–H groups in total. The summed E-state index contributed by atoms with van der Waals surface area (Å²) in [6.45, 7) is 2.31. The van der Waals surface area contributed by atoms with Gasteiger partial charge in [0.25, 0.3) is 0 Å². The van der Waals surface area contributed by atoms with E-state index in [1.54, 1.807) is 7.11 Å². The molecule has 1 aliphatic heterocycles. The predicted molar refractivity (Wildman–Crippen MR) is 67.3 cm³/mol. The van der Waals surface area contributed by atoms with Crippen LogP contribution in [0.3, 0.4) is 0 Å². The number of carbonyl (C=O) groups is 1. The van der Waals surface area contributed by atoms with Gasteiger partial charge in [0, 0.05) is 24.8 Å². The third-order valence-corrected chi connectivity index (χ3v) is 2.89. The first-order valence-corrected chi connectivity index (χ1v) is 5.59. The highest BCUT2D eigenvalue weighted by atomic mass is 16.5. The van der Waals surface area contributed by atoms with Crippen LogP contribution in [0.15, 0.2) is 18.2 Å². The summed E-state index contributed by atoms with van der Waals surface area (Å²) >= 11 is 0. The molecule has 0 bridgehead atoms. The van der Waals surface area contributed by atoms with Crippen molar-refractivity contribution in [3.63, 3.8) is 0 Å². The van der Waals surface area contributed by atoms with Gasteiger partial charge in [0.05, 0.1) is 25.4 Å². The molecule has 1 aromatic rings. The van der Waals surface area contributed by atoms with Crippen LogP contribution in [0.2, 0.25) is 0 Å². The van der Waals surface area contributed by atoms with Crippen LogP contribution >= 0.6 is 0 Å². The van der Waals surface area contributed by atoms with Crippen molar-refractivity contribution in [1.82, 2.24) is 4.90 Å². The molecule has 0 aromatic heterocycles. The van der Waals surface area contributed by atoms with Crippen LogP contribution in [0.5, 0.6) is 5.75 Å². The number of methoxy groups -OCH3 is 1. The zero-order valence-corrected chi connectivity index (χ0v) is 9.85. The van der Waals surface area contributed by atoms with Gasteiger partial charge in [-0.1, -0.05) is 0 Å². The van der Waals surface area contributed by atoms with Crippen molar-refractivity contribution in [3.8, 4) is 5.75 Å². The van der Waals surface area contributed by atoms with Crippen LogP contribution in [0.4, 0.5) is 11.4 Å². The highest BCUT2D eigenvalue weighted by Gasteiger charge is 2.25. The number of benzene rings is 1. The number of anilines is 2. The number of aldehydes is 1. The fraction of sp³-hybridized carbons (Fsp3) is 0.417. The Morgan fingerprint density at radius 1 is 1.59 bits per heavy atom. The van der Waals surface area contributed by atoms with E-state index < -0.39 is 0 Å². The first-order chi connectivity index (χ1) is 8.22. The van der Waals surface area contributed by atoms with Gasteiger partial charge in [0.1, 0.15) is 12.0 Å². The van der Waals surface area contributed by atoms with E-state index in [9.17, 15) is 4.79 Å². The lowest BCUT2D eigenvalue weighted by molar-refractivity contribution is -0.109. The van der Waals surface area contributed by atoms with Crippen LogP contribution in [0.1, 0.15) is 0 Å². The first-order valence-electron chi connectivity index (χ1n) is 5.59. The lowest BCUT2D eigenvalue weighted by atomic mass is 10.1. The highest BCUT2D eigenvalue weighted by molar-refractivity contribution is 5.61. The molecule has 1 aromatic carbocycles. The Labute approximate surface area is 101 Å². The number of ether oxygens (including phenoxy) is 1. The second kappa shape index (κ2) is 5.05. The number of nitrogen functional groups attached to an aromatic ring is 1. The molecule has 0 spiro atoms.